The van der Waals surface area contributed by atoms with Gasteiger partial charge in [0.25, 0.3) is 0 Å². The number of hydrogen-bond acceptors (Lipinski definition) is 4. The van der Waals surface area contributed by atoms with Crippen LogP contribution in [0.5, 0.6) is 0 Å². The normalized spacial score (nSPS) is 15.7. The molecule has 27 heavy (non-hydrogen) atoms. The van der Waals surface area contributed by atoms with E-state index in [9.17, 15) is 9.59 Å². The first kappa shape index (κ1) is 21.2. The highest BCUT2D eigenvalue weighted by atomic mass is 16.6. The van der Waals surface area contributed by atoms with Gasteiger partial charge in [0.2, 0.25) is 5.91 Å². The van der Waals surface area contributed by atoms with Crippen molar-refractivity contribution in [3.8, 4) is 0 Å². The third-order valence-electron chi connectivity index (χ3n) is 4.52. The molecule has 6 nitrogen and oxygen atoms in total. The second-order valence-electron chi connectivity index (χ2n) is 8.64. The van der Waals surface area contributed by atoms with Crippen LogP contribution < -0.4 is 0 Å². The number of carbonyl (C=O) groups excluding carboxylic acids is 2. The van der Waals surface area contributed by atoms with E-state index in [1.165, 1.54) is 0 Å². The van der Waals surface area contributed by atoms with Gasteiger partial charge >= 0.3 is 6.09 Å². The fourth-order valence-corrected chi connectivity index (χ4v) is 3.24. The Balaban J connectivity index is 2.02. The van der Waals surface area contributed by atoms with E-state index in [1.807, 2.05) is 43.9 Å². The Bertz CT molecular complexity index is 617. The lowest BCUT2D eigenvalue weighted by Crippen LogP contribution is -2.49. The lowest BCUT2D eigenvalue weighted by molar-refractivity contribution is -0.136. The SMILES string of the molecule is CC(C)CC(=O)N(Cc1ccccn1)C1CCN(C(=O)OC(C)(C)C)CC1. The van der Waals surface area contributed by atoms with Gasteiger partial charge in [0.05, 0.1) is 12.2 Å². The molecule has 150 valence electrons. The van der Waals surface area contributed by atoms with Crippen molar-refractivity contribution >= 4 is 12.0 Å². The molecule has 1 aliphatic heterocycles. The minimum absolute atomic E-state index is 0.122. The van der Waals surface area contributed by atoms with Crippen molar-refractivity contribution in [1.82, 2.24) is 14.8 Å². The summed E-state index contributed by atoms with van der Waals surface area (Å²) in [6, 6.07) is 5.89. The smallest absolute Gasteiger partial charge is 0.410 e. The number of rotatable bonds is 5. The molecule has 0 bridgehead atoms. The zero-order valence-electron chi connectivity index (χ0n) is 17.3. The molecule has 0 aliphatic carbocycles. The first-order chi connectivity index (χ1) is 12.7. The van der Waals surface area contributed by atoms with Crippen molar-refractivity contribution in [2.24, 2.45) is 5.92 Å². The number of piperidine rings is 1. The van der Waals surface area contributed by atoms with Gasteiger partial charge in [0.1, 0.15) is 5.60 Å². The van der Waals surface area contributed by atoms with Crippen molar-refractivity contribution in [2.75, 3.05) is 13.1 Å². The van der Waals surface area contributed by atoms with Gasteiger partial charge in [0.15, 0.2) is 0 Å². The van der Waals surface area contributed by atoms with Gasteiger partial charge in [0, 0.05) is 31.7 Å². The quantitative estimate of drug-likeness (QED) is 0.784. The number of nitrogens with zero attached hydrogens (tertiary/aromatic N) is 3. The fraction of sp³-hybridized carbons (Fsp3) is 0.667. The molecule has 6 heteroatoms. The van der Waals surface area contributed by atoms with Gasteiger partial charge in [-0.2, -0.15) is 0 Å². The van der Waals surface area contributed by atoms with Crippen LogP contribution >= 0.6 is 0 Å². The van der Waals surface area contributed by atoms with Gasteiger partial charge in [-0.1, -0.05) is 19.9 Å². The number of carbonyl (C=O) groups is 2. The van der Waals surface area contributed by atoms with Crippen molar-refractivity contribution in [3.63, 3.8) is 0 Å². The Morgan fingerprint density at radius 1 is 1.26 bits per heavy atom. The van der Waals surface area contributed by atoms with Gasteiger partial charge in [-0.15, -0.1) is 0 Å². The number of hydrogen-bond donors (Lipinski definition) is 0. The van der Waals surface area contributed by atoms with Crippen LogP contribution in [0.25, 0.3) is 0 Å². The summed E-state index contributed by atoms with van der Waals surface area (Å²) in [5.74, 6) is 0.469. The maximum atomic E-state index is 12.9. The Morgan fingerprint density at radius 3 is 2.44 bits per heavy atom. The topological polar surface area (TPSA) is 62.7 Å². The minimum Gasteiger partial charge on any atom is -0.444 e. The molecule has 2 rings (SSSR count). The van der Waals surface area contributed by atoms with Gasteiger partial charge < -0.3 is 14.5 Å². The molecule has 0 atom stereocenters. The molecule has 0 spiro atoms. The third-order valence-corrected chi connectivity index (χ3v) is 4.52. The molecule has 1 aromatic rings. The molecule has 1 aromatic heterocycles. The standard InChI is InChI=1S/C21H33N3O3/c1-16(2)14-19(25)24(15-17-8-6-7-11-22-17)18-9-12-23(13-10-18)20(26)27-21(3,4)5/h6-8,11,16,18H,9-10,12-15H2,1-5H3. The van der Waals surface area contributed by atoms with Gasteiger partial charge in [-0.05, 0) is 51.7 Å². The van der Waals surface area contributed by atoms with Crippen LogP contribution in [0.3, 0.4) is 0 Å². The summed E-state index contributed by atoms with van der Waals surface area (Å²) in [5.41, 5.74) is 0.399. The molecule has 0 radical (unpaired) electrons. The Hall–Kier alpha value is -2.11. The maximum Gasteiger partial charge on any atom is 0.410 e. The Labute approximate surface area is 162 Å². The van der Waals surface area contributed by atoms with Crippen LogP contribution in [-0.2, 0) is 16.1 Å². The van der Waals surface area contributed by atoms with E-state index >= 15 is 0 Å². The molecule has 2 heterocycles. The highest BCUT2D eigenvalue weighted by Crippen LogP contribution is 2.22. The Kier molecular flexibility index (Phi) is 7.22. The number of amides is 2. The monoisotopic (exact) mass is 375 g/mol. The van der Waals surface area contributed by atoms with Crippen molar-refractivity contribution in [2.45, 2.75) is 72.1 Å². The van der Waals surface area contributed by atoms with Crippen molar-refractivity contribution in [1.29, 1.82) is 0 Å². The molecule has 0 aromatic carbocycles. The van der Waals surface area contributed by atoms with Crippen LogP contribution in [0.1, 0.15) is 59.6 Å². The predicted octanol–water partition coefficient (Wildman–Crippen LogP) is 3.86. The molecule has 1 aliphatic rings. The van der Waals surface area contributed by atoms with E-state index in [2.05, 4.69) is 18.8 Å². The van der Waals surface area contributed by atoms with E-state index in [0.717, 1.165) is 18.5 Å². The highest BCUT2D eigenvalue weighted by Gasteiger charge is 2.31. The summed E-state index contributed by atoms with van der Waals surface area (Å²) in [6.45, 7) is 11.5. The minimum atomic E-state index is -0.494. The van der Waals surface area contributed by atoms with Crippen LogP contribution in [-0.4, -0.2) is 51.5 Å². The van der Waals surface area contributed by atoms with Gasteiger partial charge in [-0.25, -0.2) is 4.79 Å². The zero-order valence-corrected chi connectivity index (χ0v) is 17.3. The molecular weight excluding hydrogens is 342 g/mol. The van der Waals surface area contributed by atoms with E-state index in [1.54, 1.807) is 11.1 Å². The molecule has 0 saturated carbocycles. The van der Waals surface area contributed by atoms with Gasteiger partial charge in [-0.3, -0.25) is 9.78 Å². The molecule has 1 fully saturated rings. The third kappa shape index (κ3) is 6.85. The number of ether oxygens (including phenoxy) is 1. The molecular formula is C21H33N3O3. The lowest BCUT2D eigenvalue weighted by Gasteiger charge is -2.39. The van der Waals surface area contributed by atoms with Crippen LogP contribution in [0.15, 0.2) is 24.4 Å². The summed E-state index contributed by atoms with van der Waals surface area (Å²) < 4.78 is 5.47. The summed E-state index contributed by atoms with van der Waals surface area (Å²) in [7, 11) is 0. The van der Waals surface area contributed by atoms with Crippen LogP contribution in [0.2, 0.25) is 0 Å². The van der Waals surface area contributed by atoms with Crippen molar-refractivity contribution < 1.29 is 14.3 Å². The second kappa shape index (κ2) is 9.20. The number of pyridine rings is 1. The Morgan fingerprint density at radius 2 is 1.93 bits per heavy atom. The van der Waals surface area contributed by atoms with E-state index < -0.39 is 5.60 Å². The first-order valence-electron chi connectivity index (χ1n) is 9.83. The zero-order chi connectivity index (χ0) is 20.0. The summed E-state index contributed by atoms with van der Waals surface area (Å²) in [5, 5.41) is 0. The molecule has 1 saturated heterocycles. The van der Waals surface area contributed by atoms with Crippen LogP contribution in [0, 0.1) is 5.92 Å². The maximum absolute atomic E-state index is 12.9. The summed E-state index contributed by atoms with van der Waals surface area (Å²) in [4.78, 5) is 33.2. The van der Waals surface area contributed by atoms with E-state index in [4.69, 9.17) is 4.74 Å². The average molecular weight is 376 g/mol. The molecule has 2 amide bonds. The number of aromatic nitrogens is 1. The average Bonchev–Trinajstić information content (AvgIpc) is 2.58. The summed E-state index contributed by atoms with van der Waals surface area (Å²) >= 11 is 0. The molecule has 0 N–H and O–H groups in total. The van der Waals surface area contributed by atoms with E-state index in [0.29, 0.717) is 32.0 Å². The molecule has 0 unspecified atom stereocenters. The summed E-state index contributed by atoms with van der Waals surface area (Å²) in [6.07, 6.45) is 3.53. The van der Waals surface area contributed by atoms with Crippen LogP contribution in [0.4, 0.5) is 4.79 Å². The number of likely N-dealkylation sites (tertiary alicyclic amines) is 1. The largest absolute Gasteiger partial charge is 0.444 e. The first-order valence-corrected chi connectivity index (χ1v) is 9.83. The predicted molar refractivity (Wildman–Crippen MR) is 105 cm³/mol. The lowest BCUT2D eigenvalue weighted by atomic mass is 10.0. The van der Waals surface area contributed by atoms with Crippen molar-refractivity contribution in [3.05, 3.63) is 30.1 Å². The highest BCUT2D eigenvalue weighted by molar-refractivity contribution is 5.76. The fourth-order valence-electron chi connectivity index (χ4n) is 3.24. The second-order valence-corrected chi connectivity index (χ2v) is 8.64. The van der Waals surface area contributed by atoms with E-state index in [-0.39, 0.29) is 18.0 Å².